The standard InChI is InChI=1S/C41H42ClN7O6/c1-24(50)45-30-22-48(23-30)20-25-14-28(18-43)37-32(15-25)46-39(55-37)27-9-6-8-26(16-27)31-10-7-12-36(41(31,2)42)47-38(51)33-17-35(54-3)29(19-44-33)21-49-13-5-4-11-34(49)40(52)53/h6-10,12,14-17,19,30,34,36H,4-5,11,13,20-23H2,1-3H3,(H,45,50)(H,47,51)(H,52,53)/t34-,36?,41?/m0/s1. The summed E-state index contributed by atoms with van der Waals surface area (Å²) < 4.78 is 11.8. The average molecular weight is 764 g/mol. The lowest BCUT2D eigenvalue weighted by Crippen LogP contribution is -2.58. The van der Waals surface area contributed by atoms with E-state index in [1.807, 2.05) is 66.4 Å². The Balaban J connectivity index is 1.06. The van der Waals surface area contributed by atoms with Crippen LogP contribution in [0.15, 0.2) is 71.3 Å². The van der Waals surface area contributed by atoms with Gasteiger partial charge in [-0.05, 0) is 67.3 Å². The highest BCUT2D eigenvalue weighted by Crippen LogP contribution is 2.40. The summed E-state index contributed by atoms with van der Waals surface area (Å²) in [4.78, 5) is 49.0. The number of hydrogen-bond acceptors (Lipinski definition) is 10. The van der Waals surface area contributed by atoms with E-state index in [0.717, 1.165) is 42.6 Å². The molecule has 0 radical (unpaired) electrons. The van der Waals surface area contributed by atoms with Crippen LogP contribution < -0.4 is 15.4 Å². The van der Waals surface area contributed by atoms with Crippen LogP contribution in [0.4, 0.5) is 0 Å². The quantitative estimate of drug-likeness (QED) is 0.170. The van der Waals surface area contributed by atoms with Crippen molar-refractivity contribution in [2.45, 2.75) is 69.2 Å². The van der Waals surface area contributed by atoms with E-state index in [9.17, 15) is 24.8 Å². The summed E-state index contributed by atoms with van der Waals surface area (Å²) in [6.07, 6.45) is 9.52. The van der Waals surface area contributed by atoms with Crippen LogP contribution in [-0.4, -0.2) is 92.4 Å². The van der Waals surface area contributed by atoms with Gasteiger partial charge in [0.1, 0.15) is 29.1 Å². The molecule has 2 aromatic carbocycles. The zero-order chi connectivity index (χ0) is 38.9. The number of nitrogens with zero attached hydrogens (tertiary/aromatic N) is 5. The Hall–Kier alpha value is -5.55. The van der Waals surface area contributed by atoms with Gasteiger partial charge in [0.15, 0.2) is 5.58 Å². The number of ether oxygens (including phenoxy) is 1. The van der Waals surface area contributed by atoms with Crippen molar-refractivity contribution in [1.82, 2.24) is 30.4 Å². The number of oxazole rings is 1. The van der Waals surface area contributed by atoms with E-state index in [2.05, 4.69) is 26.6 Å². The fourth-order valence-corrected chi connectivity index (χ4v) is 7.97. The number of nitriles is 1. The molecular weight excluding hydrogens is 722 g/mol. The minimum absolute atomic E-state index is 0.0452. The van der Waals surface area contributed by atoms with Crippen LogP contribution in [0.2, 0.25) is 0 Å². The molecule has 7 rings (SSSR count). The molecule has 0 spiro atoms. The fourth-order valence-electron chi connectivity index (χ4n) is 7.67. The number of carbonyl (C=O) groups excluding carboxylic acids is 2. The van der Waals surface area contributed by atoms with Crippen LogP contribution in [0.5, 0.6) is 5.75 Å². The number of fused-ring (bicyclic) bond motifs is 1. The Kier molecular flexibility index (Phi) is 10.8. The number of benzene rings is 2. The monoisotopic (exact) mass is 763 g/mol. The van der Waals surface area contributed by atoms with Crippen LogP contribution in [0.25, 0.3) is 28.1 Å². The van der Waals surface area contributed by atoms with E-state index in [1.54, 1.807) is 12.3 Å². The van der Waals surface area contributed by atoms with Gasteiger partial charge in [0, 0.05) is 56.5 Å². The molecule has 3 atom stereocenters. The van der Waals surface area contributed by atoms with Crippen LogP contribution in [0.3, 0.4) is 0 Å². The summed E-state index contributed by atoms with van der Waals surface area (Å²) in [5, 5.41) is 25.6. The van der Waals surface area contributed by atoms with Gasteiger partial charge in [-0.15, -0.1) is 11.6 Å². The molecular formula is C41H42ClN7O6. The first kappa shape index (κ1) is 37.8. The number of carboxylic acid groups (broad SMARTS) is 1. The van der Waals surface area contributed by atoms with Gasteiger partial charge in [0.2, 0.25) is 11.8 Å². The Labute approximate surface area is 323 Å². The molecule has 3 aliphatic rings. The molecule has 284 valence electrons. The predicted octanol–water partition coefficient (Wildman–Crippen LogP) is 5.28. The van der Waals surface area contributed by atoms with Gasteiger partial charge >= 0.3 is 5.97 Å². The van der Waals surface area contributed by atoms with Crippen molar-refractivity contribution in [3.63, 3.8) is 0 Å². The van der Waals surface area contributed by atoms with Crippen LogP contribution in [-0.2, 0) is 22.7 Å². The molecule has 0 saturated carbocycles. The number of aromatic nitrogens is 2. The molecule has 1 aliphatic carbocycles. The van der Waals surface area contributed by atoms with Crippen molar-refractivity contribution in [3.05, 3.63) is 94.8 Å². The zero-order valence-corrected chi connectivity index (χ0v) is 31.6. The molecule has 2 amide bonds. The molecule has 0 bridgehead atoms. The minimum atomic E-state index is -1.06. The van der Waals surface area contributed by atoms with E-state index < -0.39 is 28.8 Å². The number of pyridine rings is 1. The molecule has 3 N–H and O–H groups in total. The molecule has 14 heteroatoms. The summed E-state index contributed by atoms with van der Waals surface area (Å²) in [5.41, 5.74) is 5.41. The molecule has 4 heterocycles. The van der Waals surface area contributed by atoms with E-state index >= 15 is 0 Å². The number of alkyl halides is 1. The topological polar surface area (TPSA) is 174 Å². The van der Waals surface area contributed by atoms with Gasteiger partial charge in [-0.2, -0.15) is 5.26 Å². The van der Waals surface area contributed by atoms with Crippen molar-refractivity contribution in [2.24, 2.45) is 0 Å². The maximum atomic E-state index is 13.6. The predicted molar refractivity (Wildman–Crippen MR) is 206 cm³/mol. The Morgan fingerprint density at radius 2 is 1.93 bits per heavy atom. The van der Waals surface area contributed by atoms with Gasteiger partial charge in [-0.3, -0.25) is 29.2 Å². The normalized spacial score (nSPS) is 21.7. The van der Waals surface area contributed by atoms with Gasteiger partial charge in [0.25, 0.3) is 5.91 Å². The second-order valence-corrected chi connectivity index (χ2v) is 15.3. The molecule has 4 aromatic rings. The van der Waals surface area contributed by atoms with Crippen molar-refractivity contribution in [1.29, 1.82) is 5.26 Å². The van der Waals surface area contributed by atoms with Crippen LogP contribution in [0.1, 0.15) is 65.9 Å². The fraction of sp³-hybridized carbons (Fsp3) is 0.366. The number of aliphatic carboxylic acids is 1. The highest BCUT2D eigenvalue weighted by Gasteiger charge is 2.38. The lowest BCUT2D eigenvalue weighted by atomic mass is 9.83. The lowest BCUT2D eigenvalue weighted by molar-refractivity contribution is -0.144. The molecule has 2 saturated heterocycles. The second kappa shape index (κ2) is 15.7. The number of methoxy groups -OCH3 is 1. The average Bonchev–Trinajstić information content (AvgIpc) is 3.59. The third kappa shape index (κ3) is 7.98. The summed E-state index contributed by atoms with van der Waals surface area (Å²) in [7, 11) is 1.51. The highest BCUT2D eigenvalue weighted by molar-refractivity contribution is 6.31. The van der Waals surface area contributed by atoms with Gasteiger partial charge in [-0.1, -0.05) is 36.8 Å². The largest absolute Gasteiger partial charge is 0.496 e. The smallest absolute Gasteiger partial charge is 0.320 e. The van der Waals surface area contributed by atoms with Gasteiger partial charge in [0.05, 0.1) is 29.6 Å². The molecule has 2 aromatic heterocycles. The van der Waals surface area contributed by atoms with Gasteiger partial charge < -0.3 is 24.9 Å². The van der Waals surface area contributed by atoms with E-state index in [0.29, 0.717) is 65.5 Å². The number of carboxylic acids is 1. The number of carbonyl (C=O) groups is 3. The van der Waals surface area contributed by atoms with Crippen LogP contribution in [0, 0.1) is 11.3 Å². The molecule has 13 nitrogen and oxygen atoms in total. The summed E-state index contributed by atoms with van der Waals surface area (Å²) >= 11 is 7.28. The van der Waals surface area contributed by atoms with Crippen molar-refractivity contribution < 1.29 is 28.6 Å². The molecule has 55 heavy (non-hydrogen) atoms. The first-order valence-electron chi connectivity index (χ1n) is 18.3. The number of allylic oxidation sites excluding steroid dienone is 2. The van der Waals surface area contributed by atoms with Crippen LogP contribution >= 0.6 is 11.6 Å². The lowest BCUT2D eigenvalue weighted by Gasteiger charge is -2.39. The van der Waals surface area contributed by atoms with Crippen molar-refractivity contribution in [3.8, 4) is 23.3 Å². The second-order valence-electron chi connectivity index (χ2n) is 14.5. The van der Waals surface area contributed by atoms with E-state index in [4.69, 9.17) is 25.7 Å². The summed E-state index contributed by atoms with van der Waals surface area (Å²) in [6.45, 7) is 6.45. The zero-order valence-electron chi connectivity index (χ0n) is 30.8. The maximum Gasteiger partial charge on any atom is 0.320 e. The Morgan fingerprint density at radius 3 is 2.67 bits per heavy atom. The Morgan fingerprint density at radius 1 is 1.13 bits per heavy atom. The highest BCUT2D eigenvalue weighted by atomic mass is 35.5. The number of piperidine rings is 1. The number of hydrogen-bond donors (Lipinski definition) is 3. The first-order chi connectivity index (χ1) is 26.4. The molecule has 2 unspecified atom stereocenters. The molecule has 2 aliphatic heterocycles. The SMILES string of the molecule is COc1cc(C(=O)NC2C=CC=C(c3cccc(-c4nc5cc(CN6CC(NC(C)=O)C6)cc(C#N)c5o4)c3)C2(C)Cl)ncc1CN1CCCC[C@H]1C(=O)O. The van der Waals surface area contributed by atoms with Gasteiger partial charge in [-0.25, -0.2) is 4.98 Å². The Bertz CT molecular complexity index is 2250. The number of rotatable bonds is 11. The third-order valence-electron chi connectivity index (χ3n) is 10.5. The maximum absolute atomic E-state index is 13.6. The van der Waals surface area contributed by atoms with Crippen molar-refractivity contribution >= 4 is 46.1 Å². The number of halogens is 1. The first-order valence-corrected chi connectivity index (χ1v) is 18.6. The number of likely N-dealkylation sites (tertiary alicyclic amines) is 2. The summed E-state index contributed by atoms with van der Waals surface area (Å²) in [6, 6.07) is 14.1. The number of nitrogens with one attached hydrogen (secondary N) is 2. The summed E-state index contributed by atoms with van der Waals surface area (Å²) in [5.74, 6) is -0.527. The number of amides is 2. The van der Waals surface area contributed by atoms with E-state index in [-0.39, 0.29) is 17.6 Å². The van der Waals surface area contributed by atoms with Crippen molar-refractivity contribution in [2.75, 3.05) is 26.7 Å². The van der Waals surface area contributed by atoms with E-state index in [1.165, 1.54) is 14.0 Å². The third-order valence-corrected chi connectivity index (χ3v) is 10.9. The molecule has 2 fully saturated rings. The minimum Gasteiger partial charge on any atom is -0.496 e.